The highest BCUT2D eigenvalue weighted by Crippen LogP contribution is 2.21. The van der Waals surface area contributed by atoms with E-state index in [-0.39, 0.29) is 5.69 Å². The van der Waals surface area contributed by atoms with Crippen LogP contribution in [0.5, 0.6) is 0 Å². The van der Waals surface area contributed by atoms with Gasteiger partial charge in [-0.15, -0.1) is 0 Å². The number of hydrogen-bond acceptors (Lipinski definition) is 4. The summed E-state index contributed by atoms with van der Waals surface area (Å²) in [5.41, 5.74) is 8.69. The van der Waals surface area contributed by atoms with Gasteiger partial charge in [0.15, 0.2) is 6.29 Å². The molecule has 0 aromatic carbocycles. The fourth-order valence-electron chi connectivity index (χ4n) is 1.34. The van der Waals surface area contributed by atoms with Crippen molar-refractivity contribution < 1.29 is 4.79 Å². The highest BCUT2D eigenvalue weighted by molar-refractivity contribution is 5.82. The fraction of sp³-hybridized carbons (Fsp3) is 0.100. The topological polar surface area (TPSA) is 84.7 Å². The Morgan fingerprint density at radius 3 is 2.87 bits per heavy atom. The van der Waals surface area contributed by atoms with E-state index in [2.05, 4.69) is 15.2 Å². The monoisotopic (exact) mass is 202 g/mol. The number of aldehydes is 1. The maximum absolute atomic E-state index is 10.7. The van der Waals surface area contributed by atoms with Crippen LogP contribution < -0.4 is 5.73 Å². The van der Waals surface area contributed by atoms with Crippen molar-refractivity contribution in [2.45, 2.75) is 6.92 Å². The second-order valence-corrected chi connectivity index (χ2v) is 3.20. The molecule has 5 heteroatoms. The van der Waals surface area contributed by atoms with E-state index in [9.17, 15) is 4.79 Å². The van der Waals surface area contributed by atoms with Gasteiger partial charge in [0.2, 0.25) is 0 Å². The molecule has 76 valence electrons. The number of hydrogen-bond donors (Lipinski definition) is 2. The number of anilines is 1. The SMILES string of the molecule is Cc1[nH]ncc1-c1ccc(N)c(C=O)n1. The Bertz CT molecular complexity index is 504. The predicted octanol–water partition coefficient (Wildman–Crippen LogP) is 1.17. The second kappa shape index (κ2) is 3.53. The maximum atomic E-state index is 10.7. The van der Waals surface area contributed by atoms with Crippen LogP contribution in [-0.2, 0) is 0 Å². The van der Waals surface area contributed by atoms with Crippen molar-refractivity contribution in [2.75, 3.05) is 5.73 Å². The molecule has 15 heavy (non-hydrogen) atoms. The lowest BCUT2D eigenvalue weighted by Crippen LogP contribution is -1.97. The molecule has 3 N–H and O–H groups in total. The molecule has 2 heterocycles. The fourth-order valence-corrected chi connectivity index (χ4v) is 1.34. The number of aromatic amines is 1. The zero-order chi connectivity index (χ0) is 10.8. The van der Waals surface area contributed by atoms with Crippen molar-refractivity contribution in [3.8, 4) is 11.3 Å². The Balaban J connectivity index is 2.55. The number of aromatic nitrogens is 3. The summed E-state index contributed by atoms with van der Waals surface area (Å²) in [4.78, 5) is 14.8. The zero-order valence-corrected chi connectivity index (χ0v) is 8.19. The van der Waals surface area contributed by atoms with Crippen LogP contribution in [0.4, 0.5) is 5.69 Å². The van der Waals surface area contributed by atoms with Gasteiger partial charge in [-0.05, 0) is 19.1 Å². The van der Waals surface area contributed by atoms with Gasteiger partial charge >= 0.3 is 0 Å². The number of pyridine rings is 1. The number of nitrogens with two attached hydrogens (primary N) is 1. The van der Waals surface area contributed by atoms with Gasteiger partial charge in [0.25, 0.3) is 0 Å². The van der Waals surface area contributed by atoms with Crippen LogP contribution in [0.2, 0.25) is 0 Å². The third kappa shape index (κ3) is 1.59. The number of aryl methyl sites for hydroxylation is 1. The molecule has 0 amide bonds. The van der Waals surface area contributed by atoms with Crippen molar-refractivity contribution in [1.82, 2.24) is 15.2 Å². The van der Waals surface area contributed by atoms with Gasteiger partial charge in [-0.1, -0.05) is 0 Å². The van der Waals surface area contributed by atoms with Crippen LogP contribution >= 0.6 is 0 Å². The molecular weight excluding hydrogens is 192 g/mol. The van der Waals surface area contributed by atoms with E-state index in [1.54, 1.807) is 18.3 Å². The lowest BCUT2D eigenvalue weighted by Gasteiger charge is -2.01. The van der Waals surface area contributed by atoms with Crippen molar-refractivity contribution >= 4 is 12.0 Å². The average molecular weight is 202 g/mol. The summed E-state index contributed by atoms with van der Waals surface area (Å²) >= 11 is 0. The smallest absolute Gasteiger partial charge is 0.170 e. The van der Waals surface area contributed by atoms with E-state index in [0.29, 0.717) is 17.7 Å². The zero-order valence-electron chi connectivity index (χ0n) is 8.19. The van der Waals surface area contributed by atoms with Crippen molar-refractivity contribution in [1.29, 1.82) is 0 Å². The first-order chi connectivity index (χ1) is 7.22. The van der Waals surface area contributed by atoms with Gasteiger partial charge in [0.1, 0.15) is 5.69 Å². The Labute approximate surface area is 86.3 Å². The first-order valence-electron chi connectivity index (χ1n) is 4.44. The summed E-state index contributed by atoms with van der Waals surface area (Å²) < 4.78 is 0. The highest BCUT2D eigenvalue weighted by atomic mass is 16.1. The van der Waals surface area contributed by atoms with Crippen molar-refractivity contribution in [3.63, 3.8) is 0 Å². The van der Waals surface area contributed by atoms with E-state index in [1.807, 2.05) is 6.92 Å². The maximum Gasteiger partial charge on any atom is 0.170 e. The second-order valence-electron chi connectivity index (χ2n) is 3.20. The molecule has 0 atom stereocenters. The summed E-state index contributed by atoms with van der Waals surface area (Å²) in [7, 11) is 0. The molecule has 0 spiro atoms. The number of H-pyrrole nitrogens is 1. The molecule has 0 saturated heterocycles. The Morgan fingerprint density at radius 1 is 1.47 bits per heavy atom. The number of nitrogen functional groups attached to an aromatic ring is 1. The number of carbonyl (C=O) groups excluding carboxylic acids is 1. The Morgan fingerprint density at radius 2 is 2.27 bits per heavy atom. The van der Waals surface area contributed by atoms with E-state index < -0.39 is 0 Å². The molecule has 0 bridgehead atoms. The molecule has 0 radical (unpaired) electrons. The van der Waals surface area contributed by atoms with Gasteiger partial charge in [0, 0.05) is 11.3 Å². The number of carbonyl (C=O) groups is 1. The number of nitrogens with zero attached hydrogens (tertiary/aromatic N) is 2. The van der Waals surface area contributed by atoms with Crippen LogP contribution in [0.1, 0.15) is 16.2 Å². The van der Waals surface area contributed by atoms with Gasteiger partial charge < -0.3 is 5.73 Å². The van der Waals surface area contributed by atoms with Crippen molar-refractivity contribution in [2.24, 2.45) is 0 Å². The molecular formula is C10H10N4O. The molecule has 0 unspecified atom stereocenters. The molecule has 5 nitrogen and oxygen atoms in total. The van der Waals surface area contributed by atoms with E-state index >= 15 is 0 Å². The minimum atomic E-state index is 0.258. The third-order valence-corrected chi connectivity index (χ3v) is 2.17. The van der Waals surface area contributed by atoms with Gasteiger partial charge in [-0.25, -0.2) is 4.98 Å². The lowest BCUT2D eigenvalue weighted by atomic mass is 10.1. The molecule has 0 aliphatic heterocycles. The summed E-state index contributed by atoms with van der Waals surface area (Å²) in [5, 5.41) is 6.70. The number of rotatable bonds is 2. The Hall–Kier alpha value is -2.17. The van der Waals surface area contributed by atoms with Crippen molar-refractivity contribution in [3.05, 3.63) is 29.7 Å². The largest absolute Gasteiger partial charge is 0.397 e. The van der Waals surface area contributed by atoms with Gasteiger partial charge in [-0.3, -0.25) is 9.89 Å². The number of nitrogens with one attached hydrogen (secondary N) is 1. The lowest BCUT2D eigenvalue weighted by molar-refractivity contribution is 0.112. The normalized spacial score (nSPS) is 10.2. The molecule has 2 aromatic rings. The average Bonchev–Trinajstić information content (AvgIpc) is 2.65. The summed E-state index contributed by atoms with van der Waals surface area (Å²) in [5.74, 6) is 0. The first-order valence-corrected chi connectivity index (χ1v) is 4.44. The van der Waals surface area contributed by atoms with Crippen LogP contribution in [0, 0.1) is 6.92 Å². The molecule has 2 aromatic heterocycles. The Kier molecular flexibility index (Phi) is 2.21. The quantitative estimate of drug-likeness (QED) is 0.716. The van der Waals surface area contributed by atoms with Crippen LogP contribution in [0.3, 0.4) is 0 Å². The van der Waals surface area contributed by atoms with Crippen LogP contribution in [0.25, 0.3) is 11.3 Å². The highest BCUT2D eigenvalue weighted by Gasteiger charge is 2.07. The predicted molar refractivity (Wildman–Crippen MR) is 56.4 cm³/mol. The third-order valence-electron chi connectivity index (χ3n) is 2.17. The van der Waals surface area contributed by atoms with Crippen LogP contribution in [0.15, 0.2) is 18.3 Å². The van der Waals surface area contributed by atoms with Crippen LogP contribution in [-0.4, -0.2) is 21.5 Å². The van der Waals surface area contributed by atoms with E-state index in [0.717, 1.165) is 11.3 Å². The molecule has 0 fully saturated rings. The minimum Gasteiger partial charge on any atom is -0.397 e. The summed E-state index contributed by atoms with van der Waals surface area (Å²) in [6.07, 6.45) is 2.32. The minimum absolute atomic E-state index is 0.258. The molecule has 0 saturated carbocycles. The van der Waals surface area contributed by atoms with E-state index in [1.165, 1.54) is 0 Å². The van der Waals surface area contributed by atoms with E-state index in [4.69, 9.17) is 5.73 Å². The standard InChI is InChI=1S/C10H10N4O/c1-6-7(4-12-14-6)9-3-2-8(11)10(5-15)13-9/h2-5H,11H2,1H3,(H,12,14). The summed E-state index contributed by atoms with van der Waals surface area (Å²) in [6, 6.07) is 3.43. The van der Waals surface area contributed by atoms with Gasteiger partial charge in [0.05, 0.1) is 17.6 Å². The first kappa shape index (κ1) is 9.39. The molecule has 0 aliphatic rings. The molecule has 2 rings (SSSR count). The molecule has 0 aliphatic carbocycles. The summed E-state index contributed by atoms with van der Waals surface area (Å²) in [6.45, 7) is 1.89. The van der Waals surface area contributed by atoms with Gasteiger partial charge in [-0.2, -0.15) is 5.10 Å².